The van der Waals surface area contributed by atoms with E-state index < -0.39 is 24.0 Å². The summed E-state index contributed by atoms with van der Waals surface area (Å²) in [5.74, 6) is -0.538. The molecule has 1 heterocycles. The molecule has 2 rings (SSSR count). The summed E-state index contributed by atoms with van der Waals surface area (Å²) in [6.45, 7) is 3.80. The molecule has 0 bridgehead atoms. The highest BCUT2D eigenvalue weighted by Crippen LogP contribution is 2.35. The predicted molar refractivity (Wildman–Crippen MR) is 84.4 cm³/mol. The van der Waals surface area contributed by atoms with E-state index in [4.69, 9.17) is 10.5 Å². The highest BCUT2D eigenvalue weighted by Gasteiger charge is 2.47. The Morgan fingerprint density at radius 3 is 2.58 bits per heavy atom. The van der Waals surface area contributed by atoms with Crippen molar-refractivity contribution in [3.05, 3.63) is 29.8 Å². The number of alkyl halides is 3. The molecule has 1 aliphatic rings. The van der Waals surface area contributed by atoms with Gasteiger partial charge in [-0.1, -0.05) is 18.2 Å². The van der Waals surface area contributed by atoms with Crippen LogP contribution in [0.25, 0.3) is 0 Å². The van der Waals surface area contributed by atoms with Crippen molar-refractivity contribution in [3.63, 3.8) is 0 Å². The topological polar surface area (TPSA) is 55.6 Å². The van der Waals surface area contributed by atoms with Crippen molar-refractivity contribution < 1.29 is 22.7 Å². The summed E-state index contributed by atoms with van der Waals surface area (Å²) in [5, 5.41) is 0. The SMILES string of the molecule is CC(C)Oc1ccccc1CN1C[C@H](C(N)=O)CC[C@@H]1C(F)(F)F. The van der Waals surface area contributed by atoms with E-state index in [2.05, 4.69) is 0 Å². The fraction of sp³-hybridized carbons (Fsp3) is 0.588. The Morgan fingerprint density at radius 2 is 2.00 bits per heavy atom. The number of carbonyl (C=O) groups excluding carboxylic acids is 1. The largest absolute Gasteiger partial charge is 0.491 e. The van der Waals surface area contributed by atoms with Crippen LogP contribution in [-0.4, -0.2) is 35.7 Å². The van der Waals surface area contributed by atoms with Gasteiger partial charge in [0.2, 0.25) is 5.91 Å². The molecular formula is C17H23F3N2O2. The Balaban J connectivity index is 2.24. The smallest absolute Gasteiger partial charge is 0.404 e. The average Bonchev–Trinajstić information content (AvgIpc) is 2.47. The van der Waals surface area contributed by atoms with Gasteiger partial charge in [0.05, 0.1) is 12.0 Å². The third-order valence-electron chi connectivity index (χ3n) is 4.17. The van der Waals surface area contributed by atoms with E-state index in [1.165, 1.54) is 4.90 Å². The van der Waals surface area contributed by atoms with Crippen LogP contribution >= 0.6 is 0 Å². The standard InChI is InChI=1S/C17H23F3N2O2/c1-11(2)24-14-6-4-3-5-12(14)9-22-10-13(16(21)23)7-8-15(22)17(18,19)20/h3-6,11,13,15H,7-10H2,1-2H3,(H2,21,23)/t13-,15-/m1/s1. The van der Waals surface area contributed by atoms with Gasteiger partial charge in [0, 0.05) is 18.7 Å². The maximum Gasteiger partial charge on any atom is 0.404 e. The Labute approximate surface area is 139 Å². The van der Waals surface area contributed by atoms with Crippen molar-refractivity contribution in [2.45, 2.75) is 51.6 Å². The van der Waals surface area contributed by atoms with E-state index in [1.54, 1.807) is 24.3 Å². The second-order valence-electron chi connectivity index (χ2n) is 6.44. The minimum absolute atomic E-state index is 0.00945. The second-order valence-corrected chi connectivity index (χ2v) is 6.44. The van der Waals surface area contributed by atoms with Crippen molar-refractivity contribution >= 4 is 5.91 Å². The van der Waals surface area contributed by atoms with E-state index in [0.29, 0.717) is 11.3 Å². The van der Waals surface area contributed by atoms with Crippen LogP contribution in [0, 0.1) is 5.92 Å². The number of ether oxygens (including phenoxy) is 1. The number of carbonyl (C=O) groups is 1. The summed E-state index contributed by atoms with van der Waals surface area (Å²) in [7, 11) is 0. The molecule has 0 aromatic heterocycles. The number of primary amides is 1. The summed E-state index contributed by atoms with van der Waals surface area (Å²) < 4.78 is 45.7. The van der Waals surface area contributed by atoms with E-state index in [0.717, 1.165) is 0 Å². The molecule has 2 N–H and O–H groups in total. The fourth-order valence-electron chi connectivity index (χ4n) is 3.04. The zero-order chi connectivity index (χ0) is 17.9. The van der Waals surface area contributed by atoms with Crippen LogP contribution in [0.5, 0.6) is 5.75 Å². The summed E-state index contributed by atoms with van der Waals surface area (Å²) in [4.78, 5) is 12.7. The third kappa shape index (κ3) is 4.63. The number of piperidine rings is 1. The lowest BCUT2D eigenvalue weighted by molar-refractivity contribution is -0.197. The van der Waals surface area contributed by atoms with Gasteiger partial charge in [-0.15, -0.1) is 0 Å². The molecule has 0 radical (unpaired) electrons. The van der Waals surface area contributed by atoms with Gasteiger partial charge in [-0.3, -0.25) is 9.69 Å². The third-order valence-corrected chi connectivity index (χ3v) is 4.17. The first-order valence-electron chi connectivity index (χ1n) is 8.03. The molecule has 134 valence electrons. The summed E-state index contributed by atoms with van der Waals surface area (Å²) in [5.41, 5.74) is 5.97. The maximum absolute atomic E-state index is 13.3. The molecule has 0 spiro atoms. The number of rotatable bonds is 5. The van der Waals surface area contributed by atoms with Crippen molar-refractivity contribution in [2.24, 2.45) is 11.7 Å². The van der Waals surface area contributed by atoms with E-state index in [1.807, 2.05) is 13.8 Å². The van der Waals surface area contributed by atoms with Crippen LogP contribution in [0.15, 0.2) is 24.3 Å². The number of benzene rings is 1. The zero-order valence-corrected chi connectivity index (χ0v) is 13.8. The van der Waals surface area contributed by atoms with Gasteiger partial charge in [-0.25, -0.2) is 0 Å². The molecule has 7 heteroatoms. The molecule has 0 saturated carbocycles. The van der Waals surface area contributed by atoms with E-state index >= 15 is 0 Å². The molecule has 1 aromatic carbocycles. The normalized spacial score (nSPS) is 22.6. The number of nitrogens with zero attached hydrogens (tertiary/aromatic N) is 1. The van der Waals surface area contributed by atoms with Crippen molar-refractivity contribution in [2.75, 3.05) is 6.54 Å². The summed E-state index contributed by atoms with van der Waals surface area (Å²) in [6.07, 6.45) is -4.37. The van der Waals surface area contributed by atoms with E-state index in [-0.39, 0.29) is 32.0 Å². The first-order chi connectivity index (χ1) is 11.2. The van der Waals surface area contributed by atoms with Gasteiger partial charge in [0.25, 0.3) is 0 Å². The number of hydrogen-bond acceptors (Lipinski definition) is 3. The number of para-hydroxylation sites is 1. The number of halogens is 3. The molecule has 1 saturated heterocycles. The molecule has 4 nitrogen and oxygen atoms in total. The lowest BCUT2D eigenvalue weighted by atomic mass is 9.91. The zero-order valence-electron chi connectivity index (χ0n) is 13.8. The van der Waals surface area contributed by atoms with Crippen LogP contribution < -0.4 is 10.5 Å². The van der Waals surface area contributed by atoms with Gasteiger partial charge in [0.15, 0.2) is 0 Å². The molecule has 1 amide bonds. The lowest BCUT2D eigenvalue weighted by Gasteiger charge is -2.39. The highest BCUT2D eigenvalue weighted by atomic mass is 19.4. The average molecular weight is 344 g/mol. The number of nitrogens with two attached hydrogens (primary N) is 1. The van der Waals surface area contributed by atoms with Crippen LogP contribution in [0.2, 0.25) is 0 Å². The Hall–Kier alpha value is -1.76. The second kappa shape index (κ2) is 7.42. The van der Waals surface area contributed by atoms with Crippen LogP contribution in [0.4, 0.5) is 13.2 Å². The lowest BCUT2D eigenvalue weighted by Crippen LogP contribution is -2.52. The van der Waals surface area contributed by atoms with Gasteiger partial charge in [0.1, 0.15) is 11.8 Å². The Morgan fingerprint density at radius 1 is 1.33 bits per heavy atom. The Kier molecular flexibility index (Phi) is 5.74. The van der Waals surface area contributed by atoms with Gasteiger partial charge in [-0.05, 0) is 32.8 Å². The van der Waals surface area contributed by atoms with Crippen molar-refractivity contribution in [1.82, 2.24) is 4.90 Å². The monoisotopic (exact) mass is 344 g/mol. The Bertz CT molecular complexity index is 575. The molecule has 2 atom stereocenters. The predicted octanol–water partition coefficient (Wildman–Crippen LogP) is 3.10. The maximum atomic E-state index is 13.3. The summed E-state index contributed by atoms with van der Waals surface area (Å²) in [6, 6.07) is 5.47. The molecule has 1 aromatic rings. The quantitative estimate of drug-likeness (QED) is 0.893. The molecule has 1 aliphatic heterocycles. The van der Waals surface area contributed by atoms with Crippen LogP contribution in [-0.2, 0) is 11.3 Å². The van der Waals surface area contributed by atoms with Crippen molar-refractivity contribution in [3.8, 4) is 5.75 Å². The van der Waals surface area contributed by atoms with Crippen molar-refractivity contribution in [1.29, 1.82) is 0 Å². The van der Waals surface area contributed by atoms with Gasteiger partial charge < -0.3 is 10.5 Å². The number of amides is 1. The number of likely N-dealkylation sites (tertiary alicyclic amines) is 1. The molecule has 24 heavy (non-hydrogen) atoms. The minimum atomic E-state index is -4.34. The molecule has 0 aliphatic carbocycles. The van der Waals surface area contributed by atoms with Gasteiger partial charge in [-0.2, -0.15) is 13.2 Å². The first-order valence-corrected chi connectivity index (χ1v) is 8.03. The molecule has 0 unspecified atom stereocenters. The number of hydrogen-bond donors (Lipinski definition) is 1. The van der Waals surface area contributed by atoms with E-state index in [9.17, 15) is 18.0 Å². The minimum Gasteiger partial charge on any atom is -0.491 e. The highest BCUT2D eigenvalue weighted by molar-refractivity contribution is 5.77. The first kappa shape index (κ1) is 18.6. The summed E-state index contributed by atoms with van der Waals surface area (Å²) >= 11 is 0. The van der Waals surface area contributed by atoms with Gasteiger partial charge >= 0.3 is 6.18 Å². The van der Waals surface area contributed by atoms with Crippen LogP contribution in [0.1, 0.15) is 32.3 Å². The fourth-order valence-corrected chi connectivity index (χ4v) is 3.04. The molecular weight excluding hydrogens is 321 g/mol. The molecule has 1 fully saturated rings. The van der Waals surface area contributed by atoms with Crippen LogP contribution in [0.3, 0.4) is 0 Å².